The zero-order valence-electron chi connectivity index (χ0n) is 17.6. The molecule has 0 aromatic heterocycles. The minimum absolute atomic E-state index is 0.00587. The molecular weight excluding hydrogens is 370 g/mol. The van der Waals surface area contributed by atoms with Crippen molar-refractivity contribution in [2.45, 2.75) is 46.2 Å². The molecule has 0 saturated heterocycles. The Hall–Kier alpha value is -2.93. The number of nitrogens with one attached hydrogen (secondary N) is 2. The average Bonchev–Trinajstić information content (AvgIpc) is 2.71. The molecule has 7 nitrogen and oxygen atoms in total. The maximum Gasteiger partial charge on any atom is 0.271 e. The molecule has 2 N–H and O–H groups in total. The van der Waals surface area contributed by atoms with Crippen LogP contribution in [0.25, 0.3) is 0 Å². The molecule has 0 unspecified atom stereocenters. The summed E-state index contributed by atoms with van der Waals surface area (Å²) in [6.07, 6.45) is 0.976. The Morgan fingerprint density at radius 3 is 2.31 bits per heavy atom. The Labute approximate surface area is 171 Å². The largest absolute Gasteiger partial charge is 0.495 e. The minimum atomic E-state index is -0.516. The van der Waals surface area contributed by atoms with Crippen LogP contribution in [0.1, 0.15) is 44.9 Å². The van der Waals surface area contributed by atoms with Crippen LogP contribution in [0.2, 0.25) is 0 Å². The second kappa shape index (κ2) is 10.0. The van der Waals surface area contributed by atoms with E-state index in [2.05, 4.69) is 55.7 Å². The number of non-ortho nitro benzene ring substituents is 1. The Morgan fingerprint density at radius 1 is 1.14 bits per heavy atom. The summed E-state index contributed by atoms with van der Waals surface area (Å²) in [6.45, 7) is 8.08. The fourth-order valence-corrected chi connectivity index (χ4v) is 3.13. The highest BCUT2D eigenvalue weighted by molar-refractivity contribution is 5.96. The Balaban J connectivity index is 2.16. The van der Waals surface area contributed by atoms with Crippen molar-refractivity contribution in [3.05, 3.63) is 63.7 Å². The van der Waals surface area contributed by atoms with Crippen molar-refractivity contribution in [2.24, 2.45) is 5.92 Å². The Kier molecular flexibility index (Phi) is 7.73. The number of ether oxygens (including phenoxy) is 1. The van der Waals surface area contributed by atoms with Gasteiger partial charge in [0, 0.05) is 18.2 Å². The van der Waals surface area contributed by atoms with Gasteiger partial charge >= 0.3 is 0 Å². The van der Waals surface area contributed by atoms with Crippen LogP contribution in [0.4, 0.5) is 11.4 Å². The van der Waals surface area contributed by atoms with Crippen molar-refractivity contribution < 1.29 is 14.5 Å². The van der Waals surface area contributed by atoms with Crippen LogP contribution in [-0.2, 0) is 11.2 Å². The minimum Gasteiger partial charge on any atom is -0.495 e. The van der Waals surface area contributed by atoms with E-state index < -0.39 is 11.0 Å². The van der Waals surface area contributed by atoms with E-state index in [1.165, 1.54) is 30.9 Å². The molecule has 0 aliphatic rings. The Morgan fingerprint density at radius 2 is 1.79 bits per heavy atom. The number of aryl methyl sites for hydroxylation is 1. The summed E-state index contributed by atoms with van der Waals surface area (Å²) < 4.78 is 5.21. The number of benzene rings is 2. The van der Waals surface area contributed by atoms with E-state index in [1.807, 2.05) is 0 Å². The normalized spacial score (nSPS) is 13.0. The van der Waals surface area contributed by atoms with Crippen molar-refractivity contribution in [2.75, 3.05) is 12.4 Å². The number of anilines is 1. The second-order valence-corrected chi connectivity index (χ2v) is 7.34. The van der Waals surface area contributed by atoms with Gasteiger partial charge in [0.1, 0.15) is 5.75 Å². The van der Waals surface area contributed by atoms with Crippen molar-refractivity contribution in [1.82, 2.24) is 5.32 Å². The molecule has 0 bridgehead atoms. The molecule has 0 fully saturated rings. The second-order valence-electron chi connectivity index (χ2n) is 7.34. The van der Waals surface area contributed by atoms with Gasteiger partial charge in [-0.1, -0.05) is 45.0 Å². The molecule has 29 heavy (non-hydrogen) atoms. The molecule has 2 aromatic rings. The summed E-state index contributed by atoms with van der Waals surface area (Å²) >= 11 is 0. The van der Waals surface area contributed by atoms with Gasteiger partial charge in [0.05, 0.1) is 23.8 Å². The third kappa shape index (κ3) is 5.77. The van der Waals surface area contributed by atoms with Crippen LogP contribution < -0.4 is 15.4 Å². The van der Waals surface area contributed by atoms with Gasteiger partial charge in [-0.05, 0) is 36.5 Å². The maximum absolute atomic E-state index is 12.8. The van der Waals surface area contributed by atoms with E-state index in [1.54, 1.807) is 6.92 Å². The molecule has 0 saturated carbocycles. The number of nitro benzene ring substituents is 1. The van der Waals surface area contributed by atoms with Gasteiger partial charge in [-0.2, -0.15) is 0 Å². The first-order chi connectivity index (χ1) is 13.8. The van der Waals surface area contributed by atoms with Gasteiger partial charge < -0.3 is 10.1 Å². The van der Waals surface area contributed by atoms with E-state index >= 15 is 0 Å². The molecular formula is C22H29N3O4. The first kappa shape index (κ1) is 22.4. The summed E-state index contributed by atoms with van der Waals surface area (Å²) in [7, 11) is 1.45. The predicted molar refractivity (Wildman–Crippen MR) is 114 cm³/mol. The number of carbonyl (C=O) groups excluding carboxylic acids is 1. The summed E-state index contributed by atoms with van der Waals surface area (Å²) in [5.74, 6) is 0.344. The van der Waals surface area contributed by atoms with Crippen molar-refractivity contribution in [3.8, 4) is 5.75 Å². The van der Waals surface area contributed by atoms with Crippen LogP contribution in [0.15, 0.2) is 42.5 Å². The molecule has 0 radical (unpaired) electrons. The van der Waals surface area contributed by atoms with E-state index in [4.69, 9.17) is 4.74 Å². The maximum atomic E-state index is 12.8. The molecule has 2 rings (SSSR count). The highest BCUT2D eigenvalue weighted by Gasteiger charge is 2.23. The molecule has 0 aliphatic carbocycles. The molecule has 0 spiro atoms. The Bertz CT molecular complexity index is 850. The summed E-state index contributed by atoms with van der Waals surface area (Å²) in [4.78, 5) is 23.3. The van der Waals surface area contributed by atoms with Crippen LogP contribution in [0, 0.1) is 16.0 Å². The van der Waals surface area contributed by atoms with Crippen molar-refractivity contribution in [3.63, 3.8) is 0 Å². The lowest BCUT2D eigenvalue weighted by molar-refractivity contribution is -0.384. The van der Waals surface area contributed by atoms with Gasteiger partial charge in [0.15, 0.2) is 0 Å². The van der Waals surface area contributed by atoms with Crippen molar-refractivity contribution in [1.29, 1.82) is 0 Å². The van der Waals surface area contributed by atoms with E-state index in [0.717, 1.165) is 12.0 Å². The SMILES string of the molecule is CCc1ccc([C@@H](N[C@@H](C)C(=O)Nc2cc([N+](=O)[O-])ccc2OC)C(C)C)cc1. The summed E-state index contributed by atoms with van der Waals surface area (Å²) in [5, 5.41) is 17.2. The lowest BCUT2D eigenvalue weighted by Gasteiger charge is -2.27. The standard InChI is InChI=1S/C22H29N3O4/c1-6-16-7-9-17(10-8-16)21(14(2)3)23-15(4)22(26)24-19-13-18(25(27)28)11-12-20(19)29-5/h7-15,21,23H,6H2,1-5H3,(H,24,26)/t15-,21-/m0/s1. The molecule has 1 amide bonds. The zero-order chi connectivity index (χ0) is 21.6. The fraction of sp³-hybridized carbons (Fsp3) is 0.409. The monoisotopic (exact) mass is 399 g/mol. The molecule has 2 aromatic carbocycles. The lowest BCUT2D eigenvalue weighted by atomic mass is 9.94. The van der Waals surface area contributed by atoms with Crippen LogP contribution in [0.3, 0.4) is 0 Å². The van der Waals surface area contributed by atoms with Crippen LogP contribution in [0.5, 0.6) is 5.75 Å². The number of hydrogen-bond acceptors (Lipinski definition) is 5. The lowest BCUT2D eigenvalue weighted by Crippen LogP contribution is -2.41. The molecule has 0 aliphatic heterocycles. The van der Waals surface area contributed by atoms with E-state index in [0.29, 0.717) is 5.75 Å². The average molecular weight is 399 g/mol. The van der Waals surface area contributed by atoms with Crippen LogP contribution >= 0.6 is 0 Å². The number of methoxy groups -OCH3 is 1. The molecule has 0 heterocycles. The third-order valence-corrected chi connectivity index (χ3v) is 4.89. The van der Waals surface area contributed by atoms with E-state index in [-0.39, 0.29) is 29.2 Å². The van der Waals surface area contributed by atoms with Gasteiger partial charge in [0.25, 0.3) is 5.69 Å². The summed E-state index contributed by atoms with van der Waals surface area (Å²) in [5.41, 5.74) is 2.54. The molecule has 2 atom stereocenters. The first-order valence-electron chi connectivity index (χ1n) is 9.75. The first-order valence-corrected chi connectivity index (χ1v) is 9.75. The number of nitro groups is 1. The predicted octanol–water partition coefficient (Wildman–Crippen LogP) is 4.48. The highest BCUT2D eigenvalue weighted by Crippen LogP contribution is 2.29. The van der Waals surface area contributed by atoms with Gasteiger partial charge in [-0.25, -0.2) is 0 Å². The molecule has 156 valence electrons. The number of carbonyl (C=O) groups is 1. The third-order valence-electron chi connectivity index (χ3n) is 4.89. The van der Waals surface area contributed by atoms with Gasteiger partial charge in [-0.3, -0.25) is 20.2 Å². The summed E-state index contributed by atoms with van der Waals surface area (Å²) in [6, 6.07) is 12.0. The number of amides is 1. The van der Waals surface area contributed by atoms with Gasteiger partial charge in [-0.15, -0.1) is 0 Å². The quantitative estimate of drug-likeness (QED) is 0.479. The smallest absolute Gasteiger partial charge is 0.271 e. The fourth-order valence-electron chi connectivity index (χ4n) is 3.13. The number of rotatable bonds is 9. The van der Waals surface area contributed by atoms with Gasteiger partial charge in [0.2, 0.25) is 5.91 Å². The zero-order valence-corrected chi connectivity index (χ0v) is 17.6. The highest BCUT2D eigenvalue weighted by atomic mass is 16.6. The van der Waals surface area contributed by atoms with Crippen LogP contribution in [-0.4, -0.2) is 24.0 Å². The van der Waals surface area contributed by atoms with E-state index in [9.17, 15) is 14.9 Å². The number of nitrogens with zero attached hydrogens (tertiary/aromatic N) is 1. The molecule has 7 heteroatoms. The topological polar surface area (TPSA) is 93.5 Å². The van der Waals surface area contributed by atoms with Crippen molar-refractivity contribution >= 4 is 17.3 Å². The number of hydrogen-bond donors (Lipinski definition) is 2.